The van der Waals surface area contributed by atoms with Gasteiger partial charge in [-0.3, -0.25) is 10.4 Å². The Morgan fingerprint density at radius 3 is 2.61 bits per heavy atom. The number of rotatable bonds is 7. The van der Waals surface area contributed by atoms with E-state index >= 15 is 0 Å². The number of anilines is 1. The third kappa shape index (κ3) is 8.11. The van der Waals surface area contributed by atoms with Gasteiger partial charge in [0.15, 0.2) is 11.8 Å². The quantitative estimate of drug-likeness (QED) is 0.235. The normalized spacial score (nSPS) is 18.9. The monoisotopic (exact) mass is 553 g/mol. The minimum atomic E-state index is 0. The first-order valence-electron chi connectivity index (χ1n) is 11.3. The highest BCUT2D eigenvalue weighted by Crippen LogP contribution is 2.33. The second-order valence-corrected chi connectivity index (χ2v) is 8.60. The minimum Gasteiger partial charge on any atom is -0.497 e. The number of aromatic nitrogens is 3. The first-order chi connectivity index (χ1) is 16.0. The molecule has 1 aliphatic rings. The Balaban J connectivity index is 0.00000216. The van der Waals surface area contributed by atoms with Gasteiger partial charge in [0, 0.05) is 24.2 Å². The van der Waals surface area contributed by atoms with Crippen molar-refractivity contribution >= 4 is 72.1 Å². The van der Waals surface area contributed by atoms with E-state index in [4.69, 9.17) is 25.8 Å². The maximum atomic E-state index is 7.39. The summed E-state index contributed by atoms with van der Waals surface area (Å²) < 4.78 is 5.44. The number of nitrogens with one attached hydrogen (secondary N) is 3. The molecule has 0 radical (unpaired) electrons. The van der Waals surface area contributed by atoms with Crippen molar-refractivity contribution in [2.45, 2.75) is 32.2 Å². The molecule has 3 atom stereocenters. The Kier molecular flexibility index (Phi) is 12.7. The lowest BCUT2D eigenvalue weighted by molar-refractivity contribution is 0.260. The standard InChI is InChI=1S/C25H31N7O.3ClH/c1-16-13-17(15-29-25(26)27)6-9-21(16)31-24-20-14-19(33-2)8-10-22(20)30-23(32-24)11-7-18-5-3-4-12-28-18;;;/h3-5,7-8,10-12,14,16-17,21H,6,9,13,15H2,1-2H3,(H4,26,27,29)(H,30,31,32);3*1H/t16-,17-,21+;;;/m0.../s1. The second kappa shape index (κ2) is 14.7. The number of benzene rings is 1. The average Bonchev–Trinajstić information content (AvgIpc) is 2.83. The number of methoxy groups -OCH3 is 1. The summed E-state index contributed by atoms with van der Waals surface area (Å²) in [6.45, 7) is 3.02. The van der Waals surface area contributed by atoms with Crippen molar-refractivity contribution in [3.05, 3.63) is 54.1 Å². The molecular weight excluding hydrogens is 521 g/mol. The molecule has 8 nitrogen and oxygen atoms in total. The molecule has 0 aliphatic heterocycles. The molecule has 4 rings (SSSR count). The van der Waals surface area contributed by atoms with Crippen molar-refractivity contribution in [3.8, 4) is 5.75 Å². The molecule has 5 N–H and O–H groups in total. The van der Waals surface area contributed by atoms with Crippen molar-refractivity contribution in [1.29, 1.82) is 5.41 Å². The number of guanidine groups is 1. The summed E-state index contributed by atoms with van der Waals surface area (Å²) in [5.41, 5.74) is 7.17. The number of hydrogen-bond acceptors (Lipinski definition) is 6. The van der Waals surface area contributed by atoms with Gasteiger partial charge >= 0.3 is 0 Å². The molecule has 3 aromatic rings. The number of nitrogens with two attached hydrogens (primary N) is 1. The summed E-state index contributed by atoms with van der Waals surface area (Å²) in [5.74, 6) is 3.24. The van der Waals surface area contributed by atoms with Crippen LogP contribution in [-0.4, -0.2) is 40.6 Å². The molecule has 2 aromatic heterocycles. The molecule has 36 heavy (non-hydrogen) atoms. The zero-order valence-corrected chi connectivity index (χ0v) is 22.8. The molecule has 0 bridgehead atoms. The summed E-state index contributed by atoms with van der Waals surface area (Å²) >= 11 is 0. The molecule has 0 saturated heterocycles. The van der Waals surface area contributed by atoms with E-state index in [9.17, 15) is 0 Å². The smallest absolute Gasteiger partial charge is 0.185 e. The van der Waals surface area contributed by atoms with Crippen LogP contribution in [0.15, 0.2) is 42.6 Å². The Bertz CT molecular complexity index is 1150. The van der Waals surface area contributed by atoms with Crippen LogP contribution in [0.1, 0.15) is 37.7 Å². The van der Waals surface area contributed by atoms with E-state index in [2.05, 4.69) is 22.5 Å². The molecule has 1 saturated carbocycles. The zero-order chi connectivity index (χ0) is 23.2. The van der Waals surface area contributed by atoms with E-state index in [-0.39, 0.29) is 43.2 Å². The summed E-state index contributed by atoms with van der Waals surface area (Å²) in [6, 6.07) is 12.0. The minimum absolute atomic E-state index is 0. The highest BCUT2D eigenvalue weighted by Gasteiger charge is 2.28. The SMILES string of the molecule is COc1ccc2nc(C=Cc3ccccn3)nc(N[C@@H]3CC[C@H](CNC(=N)N)C[C@@H]3C)c2c1.Cl.Cl.Cl. The molecule has 1 aliphatic carbocycles. The van der Waals surface area contributed by atoms with Gasteiger partial charge in [-0.15, -0.1) is 37.2 Å². The molecule has 1 aromatic carbocycles. The Hall–Kier alpha value is -2.81. The van der Waals surface area contributed by atoms with Crippen LogP contribution in [-0.2, 0) is 0 Å². The van der Waals surface area contributed by atoms with Gasteiger partial charge in [-0.1, -0.05) is 13.0 Å². The van der Waals surface area contributed by atoms with Crippen molar-refractivity contribution in [2.24, 2.45) is 17.6 Å². The largest absolute Gasteiger partial charge is 0.497 e. The average molecular weight is 555 g/mol. The van der Waals surface area contributed by atoms with Gasteiger partial charge < -0.3 is 21.1 Å². The Morgan fingerprint density at radius 1 is 1.14 bits per heavy atom. The first-order valence-corrected chi connectivity index (χ1v) is 11.3. The summed E-state index contributed by atoms with van der Waals surface area (Å²) in [6.07, 6.45) is 8.75. The highest BCUT2D eigenvalue weighted by atomic mass is 35.5. The highest BCUT2D eigenvalue weighted by molar-refractivity contribution is 5.91. The van der Waals surface area contributed by atoms with Gasteiger partial charge in [0.25, 0.3) is 0 Å². The van der Waals surface area contributed by atoms with Gasteiger partial charge in [-0.25, -0.2) is 9.97 Å². The molecule has 196 valence electrons. The summed E-state index contributed by atoms with van der Waals surface area (Å²) in [7, 11) is 1.66. The maximum absolute atomic E-state index is 7.39. The lowest BCUT2D eigenvalue weighted by Gasteiger charge is -2.35. The van der Waals surface area contributed by atoms with Crippen LogP contribution >= 0.6 is 37.2 Å². The fraction of sp³-hybridized carbons (Fsp3) is 0.360. The van der Waals surface area contributed by atoms with Crippen LogP contribution in [0.25, 0.3) is 23.1 Å². The summed E-state index contributed by atoms with van der Waals surface area (Å²) in [4.78, 5) is 13.9. The van der Waals surface area contributed by atoms with Gasteiger partial charge in [-0.05, 0) is 73.6 Å². The van der Waals surface area contributed by atoms with Crippen LogP contribution < -0.4 is 21.1 Å². The molecular formula is C25H34Cl3N7O. The second-order valence-electron chi connectivity index (χ2n) is 8.60. The van der Waals surface area contributed by atoms with E-state index in [1.54, 1.807) is 13.3 Å². The van der Waals surface area contributed by atoms with Gasteiger partial charge in [0.05, 0.1) is 18.3 Å². The van der Waals surface area contributed by atoms with Crippen LogP contribution in [0.3, 0.4) is 0 Å². The number of pyridine rings is 1. The fourth-order valence-electron chi connectivity index (χ4n) is 4.41. The lowest BCUT2D eigenvalue weighted by Crippen LogP contribution is -2.40. The number of hydrogen-bond donors (Lipinski definition) is 4. The van der Waals surface area contributed by atoms with E-state index in [1.165, 1.54) is 0 Å². The molecule has 1 fully saturated rings. The molecule has 0 amide bonds. The van der Waals surface area contributed by atoms with E-state index in [0.29, 0.717) is 23.7 Å². The third-order valence-corrected chi connectivity index (χ3v) is 6.19. The van der Waals surface area contributed by atoms with Crippen molar-refractivity contribution in [3.63, 3.8) is 0 Å². The lowest BCUT2D eigenvalue weighted by atomic mass is 9.79. The van der Waals surface area contributed by atoms with Crippen LogP contribution in [0.4, 0.5) is 5.82 Å². The van der Waals surface area contributed by atoms with Crippen LogP contribution in [0.2, 0.25) is 0 Å². The molecule has 11 heteroatoms. The Morgan fingerprint density at radius 2 is 1.94 bits per heavy atom. The van der Waals surface area contributed by atoms with Crippen molar-refractivity contribution < 1.29 is 4.74 Å². The van der Waals surface area contributed by atoms with Gasteiger partial charge in [-0.2, -0.15) is 0 Å². The van der Waals surface area contributed by atoms with Gasteiger partial charge in [0.1, 0.15) is 11.6 Å². The third-order valence-electron chi connectivity index (χ3n) is 6.19. The van der Waals surface area contributed by atoms with Crippen LogP contribution in [0, 0.1) is 17.2 Å². The van der Waals surface area contributed by atoms with E-state index in [0.717, 1.165) is 54.0 Å². The first kappa shape index (κ1) is 31.2. The Labute approximate surface area is 230 Å². The van der Waals surface area contributed by atoms with Gasteiger partial charge in [0.2, 0.25) is 0 Å². The maximum Gasteiger partial charge on any atom is 0.185 e. The number of halogens is 3. The number of ether oxygens (including phenoxy) is 1. The number of nitrogens with zero attached hydrogens (tertiary/aromatic N) is 3. The predicted octanol–water partition coefficient (Wildman–Crippen LogP) is 5.17. The number of fused-ring (bicyclic) bond motifs is 1. The summed E-state index contributed by atoms with van der Waals surface area (Å²) in [5, 5.41) is 15.0. The molecule has 0 unspecified atom stereocenters. The van der Waals surface area contributed by atoms with E-state index < -0.39 is 0 Å². The van der Waals surface area contributed by atoms with Crippen molar-refractivity contribution in [2.75, 3.05) is 19.0 Å². The zero-order valence-electron chi connectivity index (χ0n) is 20.3. The predicted molar refractivity (Wildman–Crippen MR) is 155 cm³/mol. The molecule has 2 heterocycles. The molecule has 0 spiro atoms. The van der Waals surface area contributed by atoms with Crippen molar-refractivity contribution in [1.82, 2.24) is 20.3 Å². The van der Waals surface area contributed by atoms with Crippen LogP contribution in [0.5, 0.6) is 5.75 Å². The fourth-order valence-corrected chi connectivity index (χ4v) is 4.41. The topological polar surface area (TPSA) is 122 Å². The van der Waals surface area contributed by atoms with E-state index in [1.807, 2.05) is 48.6 Å².